The van der Waals surface area contributed by atoms with Crippen LogP contribution in [0.15, 0.2) is 28.7 Å². The number of amides is 1. The number of halogens is 2. The van der Waals surface area contributed by atoms with Crippen LogP contribution in [0.3, 0.4) is 0 Å². The molecule has 1 aromatic rings. The SMILES string of the molecule is CCCCOCCN(C(=O)C1CNCCO1)c1ccc(Br)cc1.Cl. The van der Waals surface area contributed by atoms with Gasteiger partial charge in [0, 0.05) is 36.4 Å². The average molecular weight is 422 g/mol. The monoisotopic (exact) mass is 420 g/mol. The van der Waals surface area contributed by atoms with E-state index in [0.29, 0.717) is 26.3 Å². The van der Waals surface area contributed by atoms with Crippen LogP contribution in [0.5, 0.6) is 0 Å². The maximum atomic E-state index is 12.8. The number of hydrogen-bond donors (Lipinski definition) is 1. The van der Waals surface area contributed by atoms with Crippen molar-refractivity contribution in [2.24, 2.45) is 0 Å². The summed E-state index contributed by atoms with van der Waals surface area (Å²) in [5.41, 5.74) is 0.867. The number of nitrogens with zero attached hydrogens (tertiary/aromatic N) is 1. The van der Waals surface area contributed by atoms with E-state index >= 15 is 0 Å². The summed E-state index contributed by atoms with van der Waals surface area (Å²) in [4.78, 5) is 14.6. The lowest BCUT2D eigenvalue weighted by Gasteiger charge is -2.30. The predicted molar refractivity (Wildman–Crippen MR) is 102 cm³/mol. The van der Waals surface area contributed by atoms with Crippen molar-refractivity contribution in [3.8, 4) is 0 Å². The molecule has 2 rings (SSSR count). The predicted octanol–water partition coefficient (Wildman–Crippen LogP) is 3.01. The van der Waals surface area contributed by atoms with Crippen LogP contribution in [0.2, 0.25) is 0 Å². The summed E-state index contributed by atoms with van der Waals surface area (Å²) >= 11 is 3.43. The number of benzene rings is 1. The highest BCUT2D eigenvalue weighted by molar-refractivity contribution is 9.10. The van der Waals surface area contributed by atoms with Crippen molar-refractivity contribution in [2.45, 2.75) is 25.9 Å². The normalized spacial score (nSPS) is 17.2. The minimum absolute atomic E-state index is 0. The molecule has 1 amide bonds. The molecule has 1 N–H and O–H groups in total. The molecule has 7 heteroatoms. The molecule has 0 aliphatic carbocycles. The second-order valence-electron chi connectivity index (χ2n) is 5.50. The number of ether oxygens (including phenoxy) is 2. The molecule has 1 saturated heterocycles. The standard InChI is InChI=1S/C17H25BrN2O3.ClH/c1-2-3-10-22-12-9-20(15-6-4-14(18)5-7-15)17(21)16-13-19-8-11-23-16;/h4-7,16,19H,2-3,8-13H2,1H3;1H. The zero-order valence-electron chi connectivity index (χ0n) is 14.0. The molecule has 1 heterocycles. The van der Waals surface area contributed by atoms with Crippen molar-refractivity contribution < 1.29 is 14.3 Å². The molecule has 1 atom stereocenters. The molecule has 0 spiro atoms. The molecule has 24 heavy (non-hydrogen) atoms. The second kappa shape index (κ2) is 11.8. The topological polar surface area (TPSA) is 50.8 Å². The largest absolute Gasteiger partial charge is 0.380 e. The molecule has 1 aromatic carbocycles. The maximum Gasteiger partial charge on any atom is 0.257 e. The van der Waals surface area contributed by atoms with Gasteiger partial charge in [0.25, 0.3) is 5.91 Å². The third kappa shape index (κ3) is 6.69. The fourth-order valence-electron chi connectivity index (χ4n) is 2.39. The third-order valence-electron chi connectivity index (χ3n) is 3.71. The Labute approximate surface area is 158 Å². The first-order chi connectivity index (χ1) is 11.2. The number of unbranched alkanes of at least 4 members (excludes halogenated alkanes) is 1. The van der Waals surface area contributed by atoms with E-state index in [1.165, 1.54) is 0 Å². The highest BCUT2D eigenvalue weighted by Crippen LogP contribution is 2.20. The molecular weight excluding hydrogens is 396 g/mol. The molecule has 1 fully saturated rings. The highest BCUT2D eigenvalue weighted by Gasteiger charge is 2.27. The van der Waals surface area contributed by atoms with Gasteiger partial charge in [-0.05, 0) is 30.7 Å². The van der Waals surface area contributed by atoms with Crippen molar-refractivity contribution >= 4 is 39.9 Å². The van der Waals surface area contributed by atoms with Gasteiger partial charge >= 0.3 is 0 Å². The van der Waals surface area contributed by atoms with Crippen molar-refractivity contribution in [2.75, 3.05) is 44.4 Å². The molecule has 0 bridgehead atoms. The van der Waals surface area contributed by atoms with E-state index in [1.54, 1.807) is 4.90 Å². The molecule has 136 valence electrons. The first kappa shape index (κ1) is 21.4. The Balaban J connectivity index is 0.00000288. The van der Waals surface area contributed by atoms with E-state index in [1.807, 2.05) is 24.3 Å². The number of carbonyl (C=O) groups excluding carboxylic acids is 1. The van der Waals surface area contributed by atoms with Crippen molar-refractivity contribution in [1.29, 1.82) is 0 Å². The second-order valence-corrected chi connectivity index (χ2v) is 6.41. The van der Waals surface area contributed by atoms with Gasteiger partial charge in [-0.1, -0.05) is 29.3 Å². The van der Waals surface area contributed by atoms with Crippen LogP contribution in [-0.4, -0.2) is 51.5 Å². The summed E-state index contributed by atoms with van der Waals surface area (Å²) in [6.45, 7) is 5.85. The van der Waals surface area contributed by atoms with E-state index in [4.69, 9.17) is 9.47 Å². The van der Waals surface area contributed by atoms with Gasteiger partial charge in [0.05, 0.1) is 13.2 Å². The van der Waals surface area contributed by atoms with Crippen LogP contribution in [0.25, 0.3) is 0 Å². The quantitative estimate of drug-likeness (QED) is 0.656. The van der Waals surface area contributed by atoms with Crippen molar-refractivity contribution in [3.05, 3.63) is 28.7 Å². The highest BCUT2D eigenvalue weighted by atomic mass is 79.9. The van der Waals surface area contributed by atoms with Gasteiger partial charge in [0.2, 0.25) is 0 Å². The first-order valence-electron chi connectivity index (χ1n) is 8.19. The minimum atomic E-state index is -0.428. The molecule has 0 radical (unpaired) electrons. The summed E-state index contributed by atoms with van der Waals surface area (Å²) in [6.07, 6.45) is 1.72. The fraction of sp³-hybridized carbons (Fsp3) is 0.588. The maximum absolute atomic E-state index is 12.8. The van der Waals surface area contributed by atoms with E-state index in [0.717, 1.165) is 36.2 Å². The summed E-state index contributed by atoms with van der Waals surface area (Å²) in [5, 5.41) is 3.20. The van der Waals surface area contributed by atoms with Gasteiger partial charge < -0.3 is 19.7 Å². The van der Waals surface area contributed by atoms with Crippen LogP contribution >= 0.6 is 28.3 Å². The molecule has 1 aliphatic rings. The zero-order chi connectivity index (χ0) is 16.5. The Hall–Kier alpha value is -0.660. The lowest BCUT2D eigenvalue weighted by Crippen LogP contribution is -2.50. The van der Waals surface area contributed by atoms with Gasteiger partial charge in [-0.25, -0.2) is 0 Å². The number of rotatable bonds is 8. The summed E-state index contributed by atoms with van der Waals surface area (Å²) < 4.78 is 12.2. The van der Waals surface area contributed by atoms with E-state index in [9.17, 15) is 4.79 Å². The van der Waals surface area contributed by atoms with Gasteiger partial charge in [-0.3, -0.25) is 4.79 Å². The smallest absolute Gasteiger partial charge is 0.257 e. The summed E-state index contributed by atoms with van der Waals surface area (Å²) in [5.74, 6) is -0.0152. The Morgan fingerprint density at radius 3 is 2.75 bits per heavy atom. The lowest BCUT2D eigenvalue weighted by molar-refractivity contribution is -0.131. The lowest BCUT2D eigenvalue weighted by atomic mass is 10.2. The van der Waals surface area contributed by atoms with E-state index < -0.39 is 6.10 Å². The van der Waals surface area contributed by atoms with Crippen LogP contribution in [-0.2, 0) is 14.3 Å². The van der Waals surface area contributed by atoms with Crippen LogP contribution < -0.4 is 10.2 Å². The number of nitrogens with one attached hydrogen (secondary N) is 1. The number of morpholine rings is 1. The minimum Gasteiger partial charge on any atom is -0.380 e. The van der Waals surface area contributed by atoms with E-state index in [2.05, 4.69) is 28.2 Å². The fourth-order valence-corrected chi connectivity index (χ4v) is 2.65. The number of anilines is 1. The number of hydrogen-bond acceptors (Lipinski definition) is 4. The molecule has 1 aliphatic heterocycles. The molecule has 0 aromatic heterocycles. The average Bonchev–Trinajstić information content (AvgIpc) is 2.59. The van der Waals surface area contributed by atoms with E-state index in [-0.39, 0.29) is 18.3 Å². The summed E-state index contributed by atoms with van der Waals surface area (Å²) in [6, 6.07) is 7.75. The van der Waals surface area contributed by atoms with Crippen LogP contribution in [0.1, 0.15) is 19.8 Å². The number of carbonyl (C=O) groups is 1. The summed E-state index contributed by atoms with van der Waals surface area (Å²) in [7, 11) is 0. The Morgan fingerprint density at radius 2 is 2.12 bits per heavy atom. The van der Waals surface area contributed by atoms with Gasteiger partial charge in [-0.15, -0.1) is 12.4 Å². The van der Waals surface area contributed by atoms with Crippen molar-refractivity contribution in [3.63, 3.8) is 0 Å². The zero-order valence-corrected chi connectivity index (χ0v) is 16.4. The Bertz CT molecular complexity index is 481. The van der Waals surface area contributed by atoms with Gasteiger partial charge in [-0.2, -0.15) is 0 Å². The molecular formula is C17H26BrClN2O3. The molecule has 5 nitrogen and oxygen atoms in total. The van der Waals surface area contributed by atoms with Crippen LogP contribution in [0.4, 0.5) is 5.69 Å². The van der Waals surface area contributed by atoms with Crippen molar-refractivity contribution in [1.82, 2.24) is 5.32 Å². The first-order valence-corrected chi connectivity index (χ1v) is 8.98. The van der Waals surface area contributed by atoms with Gasteiger partial charge in [0.1, 0.15) is 6.10 Å². The molecule has 1 unspecified atom stereocenters. The van der Waals surface area contributed by atoms with Crippen LogP contribution in [0, 0.1) is 0 Å². The molecule has 0 saturated carbocycles. The Morgan fingerprint density at radius 1 is 1.38 bits per heavy atom. The van der Waals surface area contributed by atoms with Gasteiger partial charge in [0.15, 0.2) is 0 Å². The third-order valence-corrected chi connectivity index (χ3v) is 4.24. The Kier molecular flexibility index (Phi) is 10.5.